The molecule has 0 aromatic carbocycles. The van der Waals surface area contributed by atoms with Gasteiger partial charge in [-0.05, 0) is 6.42 Å². The minimum absolute atomic E-state index is 0.843. The fourth-order valence-electron chi connectivity index (χ4n) is 1.65. The number of aromatic nitrogens is 3. The smallest absolute Gasteiger partial charge is 0.228 e. The van der Waals surface area contributed by atoms with Crippen LogP contribution in [-0.4, -0.2) is 9.55 Å². The van der Waals surface area contributed by atoms with Crippen molar-refractivity contribution in [3.63, 3.8) is 0 Å². The zero-order valence-corrected chi connectivity index (χ0v) is 9.22. The normalized spacial score (nSPS) is 10.5. The molecule has 0 aliphatic carbocycles. The minimum atomic E-state index is 0.843. The van der Waals surface area contributed by atoms with Gasteiger partial charge in [0.2, 0.25) is 6.67 Å². The first-order valence-corrected chi connectivity index (χ1v) is 5.25. The van der Waals surface area contributed by atoms with E-state index in [1.807, 2.05) is 12.5 Å². The van der Waals surface area contributed by atoms with Gasteiger partial charge in [0, 0.05) is 30.9 Å². The third-order valence-corrected chi connectivity index (χ3v) is 2.63. The minimum Gasteiger partial charge on any atom is -0.278 e. The second-order valence-electron chi connectivity index (χ2n) is 3.66. The molecule has 2 aromatic heterocycles. The van der Waals surface area contributed by atoms with Crippen LogP contribution in [0.4, 0.5) is 0 Å². The van der Waals surface area contributed by atoms with E-state index in [-0.39, 0.29) is 0 Å². The molecular weight excluding hydrogens is 186 g/mol. The van der Waals surface area contributed by atoms with Crippen LogP contribution in [0.1, 0.15) is 18.3 Å². The highest BCUT2D eigenvalue weighted by atomic mass is 15.2. The zero-order chi connectivity index (χ0) is 10.7. The van der Waals surface area contributed by atoms with Crippen molar-refractivity contribution in [1.82, 2.24) is 9.55 Å². The fourth-order valence-corrected chi connectivity index (χ4v) is 1.65. The monoisotopic (exact) mass is 202 g/mol. The highest BCUT2D eigenvalue weighted by Crippen LogP contribution is 1.99. The molecule has 0 saturated carbocycles. The second-order valence-corrected chi connectivity index (χ2v) is 3.66. The molecule has 3 nitrogen and oxygen atoms in total. The summed E-state index contributed by atoms with van der Waals surface area (Å²) in [5.74, 6) is 0. The molecule has 0 unspecified atom stereocenters. The number of nitrogens with zero attached hydrogens (tertiary/aromatic N) is 3. The summed E-state index contributed by atoms with van der Waals surface area (Å²) in [6.07, 6.45) is 6.93. The standard InChI is InChI=1S/C12H16N3/c1-3-12-8-13-9-15(12)10-14-7-5-4-6-11(14)2/h4-9H,3,10H2,1-2H3/q+1. The van der Waals surface area contributed by atoms with Crippen LogP contribution in [0.5, 0.6) is 0 Å². The third kappa shape index (κ3) is 2.06. The molecule has 0 bridgehead atoms. The maximum Gasteiger partial charge on any atom is 0.228 e. The van der Waals surface area contributed by atoms with Crippen molar-refractivity contribution in [1.29, 1.82) is 0 Å². The van der Waals surface area contributed by atoms with E-state index in [1.54, 1.807) is 0 Å². The Morgan fingerprint density at radius 2 is 2.27 bits per heavy atom. The van der Waals surface area contributed by atoms with E-state index in [9.17, 15) is 0 Å². The molecule has 2 heterocycles. The van der Waals surface area contributed by atoms with E-state index in [4.69, 9.17) is 0 Å². The molecule has 0 aliphatic heterocycles. The quantitative estimate of drug-likeness (QED) is 0.692. The Labute approximate surface area is 90.0 Å². The van der Waals surface area contributed by atoms with Crippen molar-refractivity contribution in [2.24, 2.45) is 0 Å². The van der Waals surface area contributed by atoms with Gasteiger partial charge >= 0.3 is 0 Å². The van der Waals surface area contributed by atoms with Gasteiger partial charge in [-0.1, -0.05) is 13.0 Å². The van der Waals surface area contributed by atoms with Crippen molar-refractivity contribution in [2.45, 2.75) is 26.9 Å². The average molecular weight is 202 g/mol. The maximum absolute atomic E-state index is 4.17. The Bertz CT molecular complexity index is 446. The molecule has 0 N–H and O–H groups in total. The molecule has 0 fully saturated rings. The summed E-state index contributed by atoms with van der Waals surface area (Å²) in [6.45, 7) is 5.11. The van der Waals surface area contributed by atoms with Gasteiger partial charge in [0.15, 0.2) is 11.9 Å². The van der Waals surface area contributed by atoms with Crippen LogP contribution in [0.15, 0.2) is 36.9 Å². The lowest BCUT2D eigenvalue weighted by Gasteiger charge is -2.04. The van der Waals surface area contributed by atoms with Crippen molar-refractivity contribution >= 4 is 0 Å². The van der Waals surface area contributed by atoms with Gasteiger partial charge in [-0.2, -0.15) is 4.57 Å². The fraction of sp³-hybridized carbons (Fsp3) is 0.333. The van der Waals surface area contributed by atoms with Gasteiger partial charge in [-0.25, -0.2) is 4.98 Å². The molecule has 0 saturated heterocycles. The molecule has 15 heavy (non-hydrogen) atoms. The Balaban J connectivity index is 2.26. The van der Waals surface area contributed by atoms with E-state index >= 15 is 0 Å². The van der Waals surface area contributed by atoms with Gasteiger partial charge in [0.1, 0.15) is 0 Å². The van der Waals surface area contributed by atoms with E-state index in [1.165, 1.54) is 11.4 Å². The van der Waals surface area contributed by atoms with E-state index in [0.717, 1.165) is 13.1 Å². The molecule has 0 amide bonds. The summed E-state index contributed by atoms with van der Waals surface area (Å²) in [6, 6.07) is 6.22. The number of hydrogen-bond acceptors (Lipinski definition) is 1. The van der Waals surface area contributed by atoms with Crippen LogP contribution in [-0.2, 0) is 13.1 Å². The van der Waals surface area contributed by atoms with Gasteiger partial charge in [0.25, 0.3) is 0 Å². The largest absolute Gasteiger partial charge is 0.278 e. The average Bonchev–Trinajstić information content (AvgIpc) is 2.69. The van der Waals surface area contributed by atoms with Gasteiger partial charge in [-0.3, -0.25) is 4.57 Å². The van der Waals surface area contributed by atoms with Crippen LogP contribution in [0, 0.1) is 6.92 Å². The van der Waals surface area contributed by atoms with Crippen molar-refractivity contribution < 1.29 is 4.57 Å². The predicted octanol–water partition coefficient (Wildman–Crippen LogP) is 1.55. The Kier molecular flexibility index (Phi) is 2.81. The number of aryl methyl sites for hydroxylation is 2. The highest BCUT2D eigenvalue weighted by Gasteiger charge is 2.07. The Morgan fingerprint density at radius 1 is 1.40 bits per heavy atom. The molecule has 0 atom stereocenters. The SMILES string of the molecule is CCc1cncn1C[n+]1ccccc1C. The molecule has 3 heteroatoms. The van der Waals surface area contributed by atoms with E-state index in [2.05, 4.69) is 52.4 Å². The zero-order valence-electron chi connectivity index (χ0n) is 9.22. The van der Waals surface area contributed by atoms with Crippen LogP contribution in [0.25, 0.3) is 0 Å². The lowest BCUT2D eigenvalue weighted by Crippen LogP contribution is -2.40. The first-order valence-electron chi connectivity index (χ1n) is 5.25. The topological polar surface area (TPSA) is 21.7 Å². The van der Waals surface area contributed by atoms with Crippen molar-refractivity contribution in [3.8, 4) is 0 Å². The lowest BCUT2D eigenvalue weighted by molar-refractivity contribution is -0.707. The van der Waals surface area contributed by atoms with Crippen molar-refractivity contribution in [2.75, 3.05) is 0 Å². The molecule has 78 valence electrons. The summed E-state index contributed by atoms with van der Waals surface area (Å²) >= 11 is 0. The highest BCUT2D eigenvalue weighted by molar-refractivity contribution is 4.97. The van der Waals surface area contributed by atoms with Crippen LogP contribution in [0.3, 0.4) is 0 Å². The molecule has 0 spiro atoms. The van der Waals surface area contributed by atoms with Crippen molar-refractivity contribution in [3.05, 3.63) is 48.3 Å². The molecule has 0 aliphatic rings. The summed E-state index contributed by atoms with van der Waals surface area (Å²) in [4.78, 5) is 4.17. The second kappa shape index (κ2) is 4.26. The van der Waals surface area contributed by atoms with Crippen LogP contribution in [0.2, 0.25) is 0 Å². The van der Waals surface area contributed by atoms with Gasteiger partial charge in [-0.15, -0.1) is 0 Å². The molecule has 2 rings (SSSR count). The molecular formula is C12H16N3+. The summed E-state index contributed by atoms with van der Waals surface area (Å²) in [5, 5.41) is 0. The summed E-state index contributed by atoms with van der Waals surface area (Å²) in [7, 11) is 0. The van der Waals surface area contributed by atoms with Crippen LogP contribution >= 0.6 is 0 Å². The lowest BCUT2D eigenvalue weighted by atomic mass is 10.3. The van der Waals surface area contributed by atoms with E-state index in [0.29, 0.717) is 0 Å². The molecule has 0 radical (unpaired) electrons. The first kappa shape index (κ1) is 9.90. The van der Waals surface area contributed by atoms with Gasteiger partial charge < -0.3 is 0 Å². The Morgan fingerprint density at radius 3 is 3.00 bits per heavy atom. The number of rotatable bonds is 3. The predicted molar refractivity (Wildman–Crippen MR) is 58.4 cm³/mol. The summed E-state index contributed by atoms with van der Waals surface area (Å²) < 4.78 is 4.38. The summed E-state index contributed by atoms with van der Waals surface area (Å²) in [5.41, 5.74) is 2.53. The Hall–Kier alpha value is -1.64. The van der Waals surface area contributed by atoms with E-state index < -0.39 is 0 Å². The first-order chi connectivity index (χ1) is 7.31. The number of hydrogen-bond donors (Lipinski definition) is 0. The van der Waals surface area contributed by atoms with Gasteiger partial charge in [0.05, 0.1) is 6.33 Å². The number of imidazole rings is 1. The molecule has 2 aromatic rings. The third-order valence-electron chi connectivity index (χ3n) is 2.63. The van der Waals surface area contributed by atoms with Crippen LogP contribution < -0.4 is 4.57 Å². The number of pyridine rings is 1. The maximum atomic E-state index is 4.17.